The molecule has 2 aliphatic rings. The number of rotatable bonds is 6. The molecule has 1 aromatic heterocycles. The van der Waals surface area contributed by atoms with Gasteiger partial charge in [0.25, 0.3) is 0 Å². The van der Waals surface area contributed by atoms with Crippen LogP contribution in [0.25, 0.3) is 16.7 Å². The van der Waals surface area contributed by atoms with Gasteiger partial charge >= 0.3 is 0 Å². The van der Waals surface area contributed by atoms with Crippen molar-refractivity contribution in [3.63, 3.8) is 0 Å². The van der Waals surface area contributed by atoms with Crippen LogP contribution in [0.5, 0.6) is 5.75 Å². The van der Waals surface area contributed by atoms with Gasteiger partial charge in [-0.1, -0.05) is 54.6 Å². The fourth-order valence-corrected chi connectivity index (χ4v) is 3.97. The summed E-state index contributed by atoms with van der Waals surface area (Å²) in [6.07, 6.45) is 3.88. The van der Waals surface area contributed by atoms with Crippen LogP contribution in [0.2, 0.25) is 0 Å². The lowest BCUT2D eigenvalue weighted by Crippen LogP contribution is -2.40. The summed E-state index contributed by atoms with van der Waals surface area (Å²) in [5.41, 5.74) is 9.84. The molecule has 3 heterocycles. The molecule has 2 aliphatic heterocycles. The molecule has 0 aliphatic carbocycles. The Bertz CT molecular complexity index is 1400. The maximum Gasteiger partial charge on any atom is 0.174 e. The van der Waals surface area contributed by atoms with E-state index in [9.17, 15) is 0 Å². The van der Waals surface area contributed by atoms with Crippen molar-refractivity contribution in [1.29, 1.82) is 0 Å². The van der Waals surface area contributed by atoms with Gasteiger partial charge in [-0.2, -0.15) is 0 Å². The van der Waals surface area contributed by atoms with Crippen LogP contribution in [0.3, 0.4) is 0 Å². The normalized spacial score (nSPS) is 14.4. The SMILES string of the molecule is C1=C(OCc2ccc(OCc3ncc4ccccc4n3)cc2)c2ccccc2C2=NNNN2C1. The molecule has 0 unspecified atom stereocenters. The number of hydrazone groups is 1. The molecule has 168 valence electrons. The number of hydrazine groups is 2. The highest BCUT2D eigenvalue weighted by atomic mass is 16.5. The van der Waals surface area contributed by atoms with Gasteiger partial charge in [0, 0.05) is 22.7 Å². The second kappa shape index (κ2) is 8.84. The lowest BCUT2D eigenvalue weighted by Gasteiger charge is -2.15. The second-order valence-corrected chi connectivity index (χ2v) is 7.95. The van der Waals surface area contributed by atoms with Gasteiger partial charge in [0.2, 0.25) is 0 Å². The minimum Gasteiger partial charge on any atom is -0.489 e. The highest BCUT2D eigenvalue weighted by Gasteiger charge is 2.25. The summed E-state index contributed by atoms with van der Waals surface area (Å²) in [6.45, 7) is 1.40. The average molecular weight is 451 g/mol. The van der Waals surface area contributed by atoms with E-state index in [0.717, 1.165) is 44.9 Å². The third kappa shape index (κ3) is 4.02. The summed E-state index contributed by atoms with van der Waals surface area (Å²) in [4.78, 5) is 8.94. The molecule has 6 rings (SSSR count). The standard InChI is InChI=1S/C26H22N6O2/c1-4-8-23-19(5-1)15-27-25(28-23)17-33-20-11-9-18(10-12-20)16-34-24-13-14-32-26(29-30-31-32)22-7-3-2-6-21(22)24/h1-13,15,30-31H,14,16-17H2. The van der Waals surface area contributed by atoms with E-state index >= 15 is 0 Å². The molecular formula is C26H22N6O2. The fourth-order valence-electron chi connectivity index (χ4n) is 3.97. The molecule has 3 aromatic carbocycles. The van der Waals surface area contributed by atoms with Crippen LogP contribution in [0, 0.1) is 0 Å². The predicted molar refractivity (Wildman–Crippen MR) is 129 cm³/mol. The lowest BCUT2D eigenvalue weighted by atomic mass is 10.1. The smallest absolute Gasteiger partial charge is 0.174 e. The van der Waals surface area contributed by atoms with Crippen molar-refractivity contribution in [2.45, 2.75) is 13.2 Å². The van der Waals surface area contributed by atoms with Crippen molar-refractivity contribution in [2.75, 3.05) is 6.54 Å². The highest BCUT2D eigenvalue weighted by Crippen LogP contribution is 2.27. The summed E-state index contributed by atoms with van der Waals surface area (Å²) >= 11 is 0. The van der Waals surface area contributed by atoms with Gasteiger partial charge in [-0.25, -0.2) is 15.5 Å². The number of ether oxygens (including phenoxy) is 2. The van der Waals surface area contributed by atoms with Crippen LogP contribution in [0.1, 0.15) is 22.5 Å². The molecule has 0 saturated carbocycles. The van der Waals surface area contributed by atoms with E-state index in [1.807, 2.05) is 77.9 Å². The maximum absolute atomic E-state index is 6.22. The Balaban J connectivity index is 1.10. The summed E-state index contributed by atoms with van der Waals surface area (Å²) in [5, 5.41) is 7.31. The first-order chi connectivity index (χ1) is 16.8. The van der Waals surface area contributed by atoms with Crippen LogP contribution in [0.15, 0.2) is 90.2 Å². The van der Waals surface area contributed by atoms with Gasteiger partial charge in [0.15, 0.2) is 11.7 Å². The first kappa shape index (κ1) is 20.2. The highest BCUT2D eigenvalue weighted by molar-refractivity contribution is 6.03. The minimum atomic E-state index is 0.313. The number of benzene rings is 3. The molecule has 0 spiro atoms. The number of hydrogen-bond donors (Lipinski definition) is 2. The van der Waals surface area contributed by atoms with E-state index < -0.39 is 0 Å². The number of fused-ring (bicyclic) bond motifs is 4. The quantitative estimate of drug-likeness (QED) is 0.463. The number of nitrogens with zero attached hydrogens (tertiary/aromatic N) is 4. The Kier molecular flexibility index (Phi) is 5.25. The zero-order valence-electron chi connectivity index (χ0n) is 18.3. The second-order valence-electron chi connectivity index (χ2n) is 7.95. The maximum atomic E-state index is 6.22. The molecule has 0 amide bonds. The van der Waals surface area contributed by atoms with Crippen LogP contribution < -0.4 is 15.8 Å². The van der Waals surface area contributed by atoms with Crippen LogP contribution in [0.4, 0.5) is 0 Å². The number of amidine groups is 1. The number of nitrogens with one attached hydrogen (secondary N) is 2. The topological polar surface area (TPSA) is 83.9 Å². The Morgan fingerprint density at radius 2 is 1.68 bits per heavy atom. The predicted octanol–water partition coefficient (Wildman–Crippen LogP) is 3.77. The molecule has 8 nitrogen and oxygen atoms in total. The van der Waals surface area contributed by atoms with E-state index in [-0.39, 0.29) is 0 Å². The molecule has 4 aromatic rings. The first-order valence-electron chi connectivity index (χ1n) is 11.0. The van der Waals surface area contributed by atoms with Crippen LogP contribution in [-0.4, -0.2) is 27.4 Å². The van der Waals surface area contributed by atoms with Crippen molar-refractivity contribution in [2.24, 2.45) is 5.10 Å². The Morgan fingerprint density at radius 1 is 0.853 bits per heavy atom. The zero-order chi connectivity index (χ0) is 22.7. The van der Waals surface area contributed by atoms with Gasteiger partial charge in [0.1, 0.15) is 24.7 Å². The van der Waals surface area contributed by atoms with E-state index in [1.54, 1.807) is 0 Å². The van der Waals surface area contributed by atoms with Gasteiger partial charge in [-0.3, -0.25) is 5.01 Å². The zero-order valence-corrected chi connectivity index (χ0v) is 18.3. The molecule has 0 saturated heterocycles. The fraction of sp³-hybridized carbons (Fsp3) is 0.115. The molecule has 0 bridgehead atoms. The Hall–Kier alpha value is -4.43. The average Bonchev–Trinajstić information content (AvgIpc) is 3.31. The molecule has 0 atom stereocenters. The molecule has 2 N–H and O–H groups in total. The number of aromatic nitrogens is 2. The number of para-hydroxylation sites is 1. The monoisotopic (exact) mass is 450 g/mol. The van der Waals surface area contributed by atoms with E-state index in [0.29, 0.717) is 25.6 Å². The first-order valence-corrected chi connectivity index (χ1v) is 11.0. The molecule has 0 fully saturated rings. The summed E-state index contributed by atoms with van der Waals surface area (Å²) in [5.74, 6) is 3.10. The molecule has 8 heteroatoms. The lowest BCUT2D eigenvalue weighted by molar-refractivity contribution is 0.261. The van der Waals surface area contributed by atoms with Crippen molar-refractivity contribution in [1.82, 2.24) is 26.0 Å². The van der Waals surface area contributed by atoms with Crippen molar-refractivity contribution in [3.05, 3.63) is 108 Å². The third-order valence-corrected chi connectivity index (χ3v) is 5.72. The van der Waals surface area contributed by atoms with Gasteiger partial charge in [-0.05, 0) is 29.8 Å². The Labute approximate surface area is 196 Å². The molecule has 0 radical (unpaired) electrons. The third-order valence-electron chi connectivity index (χ3n) is 5.72. The van der Waals surface area contributed by atoms with E-state index in [2.05, 4.69) is 38.3 Å². The Morgan fingerprint density at radius 3 is 2.59 bits per heavy atom. The van der Waals surface area contributed by atoms with Crippen LogP contribution in [-0.2, 0) is 18.0 Å². The van der Waals surface area contributed by atoms with Gasteiger partial charge in [-0.15, -0.1) is 10.6 Å². The van der Waals surface area contributed by atoms with Crippen molar-refractivity contribution in [3.8, 4) is 5.75 Å². The largest absolute Gasteiger partial charge is 0.489 e. The number of hydrogen-bond acceptors (Lipinski definition) is 8. The van der Waals surface area contributed by atoms with Gasteiger partial charge in [0.05, 0.1) is 12.1 Å². The van der Waals surface area contributed by atoms with E-state index in [4.69, 9.17) is 9.47 Å². The minimum absolute atomic E-state index is 0.313. The van der Waals surface area contributed by atoms with Crippen LogP contribution >= 0.6 is 0 Å². The molecular weight excluding hydrogens is 428 g/mol. The van der Waals surface area contributed by atoms with Crippen molar-refractivity contribution < 1.29 is 9.47 Å². The molecule has 34 heavy (non-hydrogen) atoms. The summed E-state index contributed by atoms with van der Waals surface area (Å²) < 4.78 is 12.1. The van der Waals surface area contributed by atoms with Crippen molar-refractivity contribution >= 4 is 22.5 Å². The summed E-state index contributed by atoms with van der Waals surface area (Å²) in [7, 11) is 0. The van der Waals surface area contributed by atoms with Gasteiger partial charge < -0.3 is 9.47 Å². The van der Waals surface area contributed by atoms with E-state index in [1.165, 1.54) is 0 Å². The summed E-state index contributed by atoms with van der Waals surface area (Å²) in [6, 6.07) is 23.9.